The fourth-order valence-corrected chi connectivity index (χ4v) is 2.70. The number of nitrogens with one attached hydrogen (secondary N) is 1. The van der Waals surface area contributed by atoms with E-state index < -0.39 is 6.04 Å². The molecule has 2 aromatic carbocycles. The Kier molecular flexibility index (Phi) is 7.07. The van der Waals surface area contributed by atoms with Gasteiger partial charge in [0.2, 0.25) is 11.8 Å². The molecule has 1 atom stereocenters. The van der Waals surface area contributed by atoms with Gasteiger partial charge in [0.05, 0.1) is 12.6 Å². The van der Waals surface area contributed by atoms with Gasteiger partial charge in [-0.05, 0) is 50.7 Å². The average molecular weight is 371 g/mol. The molecule has 1 N–H and O–H groups in total. The standard InChI is InChI=1S/C21H26FN3O2/c1-15-8-10-19(11-9-15)23-20(26)14-25(4)21(27)16(2)24(3)13-17-6-5-7-18(22)12-17/h5-12,16H,13-14H2,1-4H3,(H,23,26)/t16-/m0/s1. The van der Waals surface area contributed by atoms with Gasteiger partial charge < -0.3 is 10.2 Å². The molecule has 0 saturated carbocycles. The molecular weight excluding hydrogens is 345 g/mol. The van der Waals surface area contributed by atoms with Crippen LogP contribution in [0.15, 0.2) is 48.5 Å². The Labute approximate surface area is 159 Å². The van der Waals surface area contributed by atoms with Gasteiger partial charge in [-0.3, -0.25) is 14.5 Å². The van der Waals surface area contributed by atoms with Crippen LogP contribution in [0.4, 0.5) is 10.1 Å². The Morgan fingerprint density at radius 2 is 1.78 bits per heavy atom. The van der Waals surface area contributed by atoms with Crippen molar-refractivity contribution >= 4 is 17.5 Å². The lowest BCUT2D eigenvalue weighted by Gasteiger charge is -2.28. The van der Waals surface area contributed by atoms with Crippen LogP contribution in [-0.2, 0) is 16.1 Å². The number of carbonyl (C=O) groups is 2. The maximum absolute atomic E-state index is 13.3. The molecule has 0 bridgehead atoms. The molecule has 0 spiro atoms. The van der Waals surface area contributed by atoms with Crippen molar-refractivity contribution in [1.82, 2.24) is 9.80 Å². The van der Waals surface area contributed by atoms with Crippen molar-refractivity contribution in [2.24, 2.45) is 0 Å². The third kappa shape index (κ3) is 6.18. The number of anilines is 1. The third-order valence-electron chi connectivity index (χ3n) is 4.43. The third-order valence-corrected chi connectivity index (χ3v) is 4.43. The minimum absolute atomic E-state index is 0.0369. The van der Waals surface area contributed by atoms with E-state index >= 15 is 0 Å². The molecule has 2 aromatic rings. The molecule has 0 aromatic heterocycles. The lowest BCUT2D eigenvalue weighted by molar-refractivity contribution is -0.137. The van der Waals surface area contributed by atoms with Gasteiger partial charge in [0.15, 0.2) is 0 Å². The first-order valence-corrected chi connectivity index (χ1v) is 8.82. The molecule has 0 saturated heterocycles. The topological polar surface area (TPSA) is 52.7 Å². The van der Waals surface area contributed by atoms with E-state index in [1.54, 1.807) is 27.1 Å². The average Bonchev–Trinajstić information content (AvgIpc) is 2.62. The lowest BCUT2D eigenvalue weighted by Crippen LogP contribution is -2.46. The Balaban J connectivity index is 1.88. The number of hydrogen-bond donors (Lipinski definition) is 1. The molecule has 0 aliphatic heterocycles. The molecular formula is C21H26FN3O2. The molecule has 0 aliphatic carbocycles. The molecule has 0 heterocycles. The van der Waals surface area contributed by atoms with E-state index in [1.165, 1.54) is 17.0 Å². The first kappa shape index (κ1) is 20.6. The van der Waals surface area contributed by atoms with E-state index in [1.807, 2.05) is 42.2 Å². The zero-order chi connectivity index (χ0) is 20.0. The summed E-state index contributed by atoms with van der Waals surface area (Å²) < 4.78 is 13.3. The monoisotopic (exact) mass is 371 g/mol. The highest BCUT2D eigenvalue weighted by Gasteiger charge is 2.23. The van der Waals surface area contributed by atoms with Gasteiger partial charge >= 0.3 is 0 Å². The molecule has 27 heavy (non-hydrogen) atoms. The number of aryl methyl sites for hydroxylation is 1. The Hall–Kier alpha value is -2.73. The Bertz CT molecular complexity index is 792. The quantitative estimate of drug-likeness (QED) is 0.814. The normalized spacial score (nSPS) is 11.9. The summed E-state index contributed by atoms with van der Waals surface area (Å²) in [6.07, 6.45) is 0. The Morgan fingerprint density at radius 3 is 2.41 bits per heavy atom. The molecule has 2 amide bonds. The van der Waals surface area contributed by atoms with Gasteiger partial charge in [-0.15, -0.1) is 0 Å². The van der Waals surface area contributed by atoms with Crippen molar-refractivity contribution < 1.29 is 14.0 Å². The van der Waals surface area contributed by atoms with Crippen molar-refractivity contribution in [2.45, 2.75) is 26.4 Å². The summed E-state index contributed by atoms with van der Waals surface area (Å²) in [6, 6.07) is 13.3. The van der Waals surface area contributed by atoms with Crippen LogP contribution in [0.1, 0.15) is 18.1 Å². The van der Waals surface area contributed by atoms with Crippen molar-refractivity contribution in [3.05, 3.63) is 65.5 Å². The highest BCUT2D eigenvalue weighted by Crippen LogP contribution is 2.11. The summed E-state index contributed by atoms with van der Waals surface area (Å²) in [4.78, 5) is 28.0. The number of nitrogens with zero attached hydrogens (tertiary/aromatic N) is 2. The fourth-order valence-electron chi connectivity index (χ4n) is 2.70. The predicted octanol–water partition coefficient (Wildman–Crippen LogP) is 3.05. The summed E-state index contributed by atoms with van der Waals surface area (Å²) in [5, 5.41) is 2.78. The zero-order valence-electron chi connectivity index (χ0n) is 16.2. The van der Waals surface area contributed by atoms with Crippen molar-refractivity contribution in [2.75, 3.05) is 26.0 Å². The van der Waals surface area contributed by atoms with Crippen molar-refractivity contribution in [3.8, 4) is 0 Å². The number of benzene rings is 2. The van der Waals surface area contributed by atoms with Crippen LogP contribution in [0.5, 0.6) is 0 Å². The van der Waals surface area contributed by atoms with Gasteiger partial charge in [-0.25, -0.2) is 4.39 Å². The predicted molar refractivity (Wildman–Crippen MR) is 105 cm³/mol. The van der Waals surface area contributed by atoms with Gasteiger partial charge in [0.1, 0.15) is 5.82 Å². The highest BCUT2D eigenvalue weighted by molar-refractivity contribution is 5.95. The number of hydrogen-bond acceptors (Lipinski definition) is 3. The molecule has 6 heteroatoms. The van der Waals surface area contributed by atoms with E-state index in [-0.39, 0.29) is 24.2 Å². The van der Waals surface area contributed by atoms with Crippen LogP contribution in [0.2, 0.25) is 0 Å². The van der Waals surface area contributed by atoms with Crippen molar-refractivity contribution in [3.63, 3.8) is 0 Å². The molecule has 2 rings (SSSR count). The molecule has 0 aliphatic rings. The molecule has 0 radical (unpaired) electrons. The van der Waals surface area contributed by atoms with Gasteiger partial charge in [0.25, 0.3) is 0 Å². The first-order chi connectivity index (χ1) is 12.8. The van der Waals surface area contributed by atoms with Crippen LogP contribution < -0.4 is 5.32 Å². The SMILES string of the molecule is Cc1ccc(NC(=O)CN(C)C(=O)[C@H](C)N(C)Cc2cccc(F)c2)cc1. The molecule has 144 valence electrons. The minimum atomic E-state index is -0.439. The second-order valence-corrected chi connectivity index (χ2v) is 6.83. The summed E-state index contributed by atoms with van der Waals surface area (Å²) in [7, 11) is 3.40. The van der Waals surface area contributed by atoms with Crippen LogP contribution in [0, 0.1) is 12.7 Å². The van der Waals surface area contributed by atoms with E-state index in [9.17, 15) is 14.0 Å². The lowest BCUT2D eigenvalue weighted by atomic mass is 10.1. The van der Waals surface area contributed by atoms with Gasteiger partial charge in [-0.2, -0.15) is 0 Å². The molecule has 0 fully saturated rings. The van der Waals surface area contributed by atoms with E-state index in [0.717, 1.165) is 11.1 Å². The fraction of sp³-hybridized carbons (Fsp3) is 0.333. The summed E-state index contributed by atoms with van der Waals surface area (Å²) >= 11 is 0. The van der Waals surface area contributed by atoms with E-state index in [4.69, 9.17) is 0 Å². The van der Waals surface area contributed by atoms with E-state index in [0.29, 0.717) is 12.2 Å². The first-order valence-electron chi connectivity index (χ1n) is 8.82. The number of halogens is 1. The molecule has 5 nitrogen and oxygen atoms in total. The second-order valence-electron chi connectivity index (χ2n) is 6.83. The number of carbonyl (C=O) groups excluding carboxylic acids is 2. The largest absolute Gasteiger partial charge is 0.335 e. The van der Waals surface area contributed by atoms with Crippen LogP contribution in [-0.4, -0.2) is 48.3 Å². The Morgan fingerprint density at radius 1 is 1.11 bits per heavy atom. The van der Waals surface area contributed by atoms with Crippen LogP contribution in [0.25, 0.3) is 0 Å². The maximum Gasteiger partial charge on any atom is 0.243 e. The maximum atomic E-state index is 13.3. The van der Waals surface area contributed by atoms with E-state index in [2.05, 4.69) is 5.32 Å². The summed E-state index contributed by atoms with van der Waals surface area (Å²) in [5.41, 5.74) is 2.59. The summed E-state index contributed by atoms with van der Waals surface area (Å²) in [5.74, 6) is -0.729. The highest BCUT2D eigenvalue weighted by atomic mass is 19.1. The smallest absolute Gasteiger partial charge is 0.243 e. The van der Waals surface area contributed by atoms with Gasteiger partial charge in [0, 0.05) is 19.3 Å². The summed E-state index contributed by atoms with van der Waals surface area (Å²) in [6.45, 7) is 4.15. The minimum Gasteiger partial charge on any atom is -0.335 e. The molecule has 0 unspecified atom stereocenters. The van der Waals surface area contributed by atoms with Gasteiger partial charge in [-0.1, -0.05) is 29.8 Å². The van der Waals surface area contributed by atoms with Crippen LogP contribution >= 0.6 is 0 Å². The number of rotatable bonds is 7. The van der Waals surface area contributed by atoms with Crippen LogP contribution in [0.3, 0.4) is 0 Å². The number of likely N-dealkylation sites (N-methyl/N-ethyl adjacent to an activating group) is 2. The number of amides is 2. The zero-order valence-corrected chi connectivity index (χ0v) is 16.2. The van der Waals surface area contributed by atoms with Crippen molar-refractivity contribution in [1.29, 1.82) is 0 Å². The second kappa shape index (κ2) is 9.28.